The van der Waals surface area contributed by atoms with Crippen LogP contribution in [-0.4, -0.2) is 24.1 Å². The predicted octanol–water partition coefficient (Wildman–Crippen LogP) is 3.43. The first kappa shape index (κ1) is 14.6. The van der Waals surface area contributed by atoms with Crippen molar-refractivity contribution in [3.8, 4) is 11.5 Å². The van der Waals surface area contributed by atoms with Gasteiger partial charge in [0.15, 0.2) is 11.5 Å². The molecule has 0 bridgehead atoms. The highest BCUT2D eigenvalue weighted by molar-refractivity contribution is 5.95. The molecule has 1 aliphatic heterocycles. The average molecular weight is 322 g/mol. The zero-order valence-electron chi connectivity index (χ0n) is 13.3. The van der Waals surface area contributed by atoms with Gasteiger partial charge in [0, 0.05) is 17.3 Å². The molecule has 0 saturated carbocycles. The van der Waals surface area contributed by atoms with Crippen LogP contribution in [0.25, 0.3) is 10.9 Å². The van der Waals surface area contributed by atoms with Gasteiger partial charge in [0.05, 0.1) is 6.04 Å². The Balaban J connectivity index is 1.52. The van der Waals surface area contributed by atoms with Gasteiger partial charge in [0.2, 0.25) is 0 Å². The number of fused-ring (bicyclic) bond motifs is 2. The molecule has 122 valence electrons. The molecule has 0 radical (unpaired) electrons. The zero-order chi connectivity index (χ0) is 16.5. The van der Waals surface area contributed by atoms with Crippen LogP contribution in [0.15, 0.2) is 48.7 Å². The normalized spacial score (nSPS) is 14.4. The van der Waals surface area contributed by atoms with Crippen LogP contribution in [0.2, 0.25) is 0 Å². The third-order valence-corrected chi connectivity index (χ3v) is 4.23. The molecule has 2 aromatic carbocycles. The van der Waals surface area contributed by atoms with E-state index >= 15 is 0 Å². The molecule has 1 aromatic heterocycles. The van der Waals surface area contributed by atoms with Crippen molar-refractivity contribution in [3.63, 3.8) is 0 Å². The van der Waals surface area contributed by atoms with Crippen LogP contribution in [0.1, 0.15) is 28.9 Å². The van der Waals surface area contributed by atoms with Crippen LogP contribution in [0.5, 0.6) is 11.5 Å². The van der Waals surface area contributed by atoms with Crippen molar-refractivity contribution in [2.45, 2.75) is 13.0 Å². The summed E-state index contributed by atoms with van der Waals surface area (Å²) in [7, 11) is 0. The zero-order valence-corrected chi connectivity index (χ0v) is 13.3. The maximum atomic E-state index is 12.5. The topological polar surface area (TPSA) is 63.4 Å². The van der Waals surface area contributed by atoms with Crippen molar-refractivity contribution in [2.24, 2.45) is 0 Å². The van der Waals surface area contributed by atoms with Gasteiger partial charge in [-0.2, -0.15) is 0 Å². The molecule has 0 spiro atoms. The number of amides is 1. The van der Waals surface area contributed by atoms with Crippen LogP contribution in [0.3, 0.4) is 0 Å². The van der Waals surface area contributed by atoms with Gasteiger partial charge < -0.3 is 19.8 Å². The Morgan fingerprint density at radius 3 is 2.79 bits per heavy atom. The molecule has 5 nitrogen and oxygen atoms in total. The number of H-pyrrole nitrogens is 1. The van der Waals surface area contributed by atoms with Gasteiger partial charge in [-0.25, -0.2) is 0 Å². The molecule has 3 aromatic rings. The van der Waals surface area contributed by atoms with Gasteiger partial charge in [-0.05, 0) is 54.3 Å². The van der Waals surface area contributed by atoms with Crippen molar-refractivity contribution in [1.29, 1.82) is 0 Å². The summed E-state index contributed by atoms with van der Waals surface area (Å²) in [5.74, 6) is 1.17. The minimum Gasteiger partial charge on any atom is -0.486 e. The van der Waals surface area contributed by atoms with E-state index in [1.807, 2.05) is 31.3 Å². The first-order valence-corrected chi connectivity index (χ1v) is 7.98. The minimum atomic E-state index is -0.131. The van der Waals surface area contributed by atoms with Crippen molar-refractivity contribution < 1.29 is 14.3 Å². The molecule has 2 heterocycles. The molecule has 2 N–H and O–H groups in total. The van der Waals surface area contributed by atoms with Crippen molar-refractivity contribution in [2.75, 3.05) is 13.2 Å². The summed E-state index contributed by atoms with van der Waals surface area (Å²) in [5.41, 5.74) is 2.71. The summed E-state index contributed by atoms with van der Waals surface area (Å²) in [4.78, 5) is 15.7. The largest absolute Gasteiger partial charge is 0.486 e. The summed E-state index contributed by atoms with van der Waals surface area (Å²) >= 11 is 0. The van der Waals surface area contributed by atoms with Crippen molar-refractivity contribution in [1.82, 2.24) is 10.3 Å². The fourth-order valence-corrected chi connectivity index (χ4v) is 2.89. The van der Waals surface area contributed by atoms with Crippen LogP contribution in [0, 0.1) is 0 Å². The van der Waals surface area contributed by atoms with E-state index in [2.05, 4.69) is 16.4 Å². The molecule has 0 aliphatic carbocycles. The number of nitrogens with one attached hydrogen (secondary N) is 2. The molecule has 0 fully saturated rings. The molecule has 1 atom stereocenters. The maximum absolute atomic E-state index is 12.5. The molecule has 0 unspecified atom stereocenters. The standard InChI is InChI=1S/C19H18N2O3/c1-12(13-2-4-16-14(10-13)6-7-20-16)21-19(22)15-3-5-17-18(11-15)24-9-8-23-17/h2-7,10-12,20H,8-9H2,1H3,(H,21,22)/t12-/m1/s1. The van der Waals surface area contributed by atoms with Gasteiger partial charge >= 0.3 is 0 Å². The summed E-state index contributed by atoms with van der Waals surface area (Å²) < 4.78 is 11.0. The lowest BCUT2D eigenvalue weighted by Crippen LogP contribution is -2.27. The van der Waals surface area contributed by atoms with Gasteiger partial charge in [0.25, 0.3) is 5.91 Å². The lowest BCUT2D eigenvalue weighted by atomic mass is 10.1. The highest BCUT2D eigenvalue weighted by Gasteiger charge is 2.17. The molecular formula is C19H18N2O3. The van der Waals surface area contributed by atoms with Crippen LogP contribution in [0.4, 0.5) is 0 Å². The lowest BCUT2D eigenvalue weighted by molar-refractivity contribution is 0.0938. The molecule has 1 amide bonds. The number of ether oxygens (including phenoxy) is 2. The number of carbonyl (C=O) groups is 1. The molecule has 24 heavy (non-hydrogen) atoms. The van der Waals surface area contributed by atoms with E-state index in [-0.39, 0.29) is 11.9 Å². The maximum Gasteiger partial charge on any atom is 0.251 e. The smallest absolute Gasteiger partial charge is 0.251 e. The second-order valence-corrected chi connectivity index (χ2v) is 5.88. The average Bonchev–Trinajstić information content (AvgIpc) is 3.08. The number of hydrogen-bond acceptors (Lipinski definition) is 3. The number of hydrogen-bond donors (Lipinski definition) is 2. The highest BCUT2D eigenvalue weighted by Crippen LogP contribution is 2.31. The second-order valence-electron chi connectivity index (χ2n) is 5.88. The Morgan fingerprint density at radius 2 is 1.92 bits per heavy atom. The van der Waals surface area contributed by atoms with E-state index in [1.165, 1.54) is 0 Å². The highest BCUT2D eigenvalue weighted by atomic mass is 16.6. The van der Waals surface area contributed by atoms with Gasteiger partial charge in [-0.1, -0.05) is 6.07 Å². The Labute approximate surface area is 139 Å². The van der Waals surface area contributed by atoms with E-state index in [0.29, 0.717) is 30.3 Å². The number of carbonyl (C=O) groups excluding carboxylic acids is 1. The number of aromatic nitrogens is 1. The fourth-order valence-electron chi connectivity index (χ4n) is 2.89. The van der Waals surface area contributed by atoms with E-state index < -0.39 is 0 Å². The minimum absolute atomic E-state index is 0.0926. The summed E-state index contributed by atoms with van der Waals surface area (Å²) in [6.07, 6.45) is 1.91. The Morgan fingerprint density at radius 1 is 1.08 bits per heavy atom. The number of benzene rings is 2. The van der Waals surface area contributed by atoms with Gasteiger partial charge in [-0.15, -0.1) is 0 Å². The fraction of sp³-hybridized carbons (Fsp3) is 0.211. The SMILES string of the molecule is C[C@@H](NC(=O)c1ccc2c(c1)OCCO2)c1ccc2[nH]ccc2c1. The third-order valence-electron chi connectivity index (χ3n) is 4.23. The first-order chi connectivity index (χ1) is 11.7. The molecule has 1 aliphatic rings. The lowest BCUT2D eigenvalue weighted by Gasteiger charge is -2.19. The quantitative estimate of drug-likeness (QED) is 0.776. The molecule has 4 rings (SSSR count). The monoisotopic (exact) mass is 322 g/mol. The number of aromatic amines is 1. The molecular weight excluding hydrogens is 304 g/mol. The van der Waals surface area contributed by atoms with Crippen LogP contribution >= 0.6 is 0 Å². The predicted molar refractivity (Wildman–Crippen MR) is 91.6 cm³/mol. The van der Waals surface area contributed by atoms with Gasteiger partial charge in [0.1, 0.15) is 13.2 Å². The summed E-state index contributed by atoms with van der Waals surface area (Å²) in [6, 6.07) is 13.3. The third kappa shape index (κ3) is 2.69. The number of rotatable bonds is 3. The molecule has 0 saturated heterocycles. The summed E-state index contributed by atoms with van der Waals surface area (Å²) in [5, 5.41) is 4.16. The van der Waals surface area contributed by atoms with Crippen LogP contribution < -0.4 is 14.8 Å². The van der Waals surface area contributed by atoms with E-state index in [4.69, 9.17) is 9.47 Å². The van der Waals surface area contributed by atoms with Gasteiger partial charge in [-0.3, -0.25) is 4.79 Å². The van der Waals surface area contributed by atoms with Crippen molar-refractivity contribution >= 4 is 16.8 Å². The summed E-state index contributed by atoms with van der Waals surface area (Å²) in [6.45, 7) is 3.02. The van der Waals surface area contributed by atoms with E-state index in [9.17, 15) is 4.79 Å². The second kappa shape index (κ2) is 5.92. The first-order valence-electron chi connectivity index (χ1n) is 7.98. The van der Waals surface area contributed by atoms with Crippen LogP contribution in [-0.2, 0) is 0 Å². The Hall–Kier alpha value is -2.95. The van der Waals surface area contributed by atoms with E-state index in [0.717, 1.165) is 16.5 Å². The Kier molecular flexibility index (Phi) is 3.61. The molecule has 5 heteroatoms. The van der Waals surface area contributed by atoms with Crippen molar-refractivity contribution in [3.05, 3.63) is 59.8 Å². The Bertz CT molecular complexity index is 901. The van der Waals surface area contributed by atoms with E-state index in [1.54, 1.807) is 18.2 Å².